The van der Waals surface area contributed by atoms with Gasteiger partial charge in [-0.3, -0.25) is 4.79 Å². The van der Waals surface area contributed by atoms with E-state index in [9.17, 15) is 4.79 Å². The number of rotatable bonds is 6. The molecule has 1 fully saturated rings. The molecule has 0 aromatic rings. The van der Waals surface area contributed by atoms with Crippen LogP contribution in [0.25, 0.3) is 0 Å². The minimum Gasteiger partial charge on any atom is -0.345 e. The Balaban J connectivity index is 2.56. The van der Waals surface area contributed by atoms with Crippen LogP contribution in [0.4, 0.5) is 0 Å². The summed E-state index contributed by atoms with van der Waals surface area (Å²) >= 11 is 0. The smallest absolute Gasteiger partial charge is 0.229 e. The Hall–Kier alpha value is -0.610. The number of hydrogen-bond acceptors (Lipinski definition) is 3. The Morgan fingerprint density at radius 2 is 1.63 bits per heavy atom. The summed E-state index contributed by atoms with van der Waals surface area (Å²) in [7, 11) is 6.06. The molecule has 0 radical (unpaired) electrons. The summed E-state index contributed by atoms with van der Waals surface area (Å²) in [6.45, 7) is 2.36. The fourth-order valence-corrected chi connectivity index (χ4v) is 3.04. The number of carbonyl (C=O) groups is 1. The lowest BCUT2D eigenvalue weighted by Gasteiger charge is -2.34. The van der Waals surface area contributed by atoms with Gasteiger partial charge in [-0.1, -0.05) is 25.7 Å². The largest absolute Gasteiger partial charge is 0.345 e. The molecule has 1 aliphatic rings. The highest BCUT2D eigenvalue weighted by atomic mass is 16.2. The van der Waals surface area contributed by atoms with Crippen molar-refractivity contribution in [1.82, 2.24) is 9.80 Å². The lowest BCUT2D eigenvalue weighted by molar-refractivity contribution is -0.141. The fraction of sp³-hybridized carbons (Fsp3) is 0.933. The first kappa shape index (κ1) is 16.4. The molecular weight excluding hydrogens is 238 g/mol. The molecule has 0 saturated heterocycles. The normalized spacial score (nSPS) is 19.2. The van der Waals surface area contributed by atoms with Crippen molar-refractivity contribution >= 4 is 5.91 Å². The van der Waals surface area contributed by atoms with Crippen molar-refractivity contribution in [2.45, 2.75) is 44.9 Å². The van der Waals surface area contributed by atoms with Gasteiger partial charge < -0.3 is 15.5 Å². The Kier molecular flexibility index (Phi) is 6.80. The third-order valence-electron chi connectivity index (χ3n) is 4.35. The number of amides is 1. The van der Waals surface area contributed by atoms with E-state index in [0.29, 0.717) is 6.54 Å². The summed E-state index contributed by atoms with van der Waals surface area (Å²) < 4.78 is 0. The van der Waals surface area contributed by atoms with Gasteiger partial charge >= 0.3 is 0 Å². The Bertz CT molecular complexity index is 271. The number of nitrogens with two attached hydrogens (primary N) is 1. The highest BCUT2D eigenvalue weighted by Crippen LogP contribution is 2.35. The molecule has 4 heteroatoms. The van der Waals surface area contributed by atoms with Gasteiger partial charge in [-0.05, 0) is 39.9 Å². The van der Waals surface area contributed by atoms with E-state index >= 15 is 0 Å². The van der Waals surface area contributed by atoms with E-state index in [1.165, 1.54) is 12.8 Å². The number of nitrogens with zero attached hydrogens (tertiary/aromatic N) is 2. The second-order valence-electron chi connectivity index (χ2n) is 6.28. The van der Waals surface area contributed by atoms with Crippen molar-refractivity contribution in [3.63, 3.8) is 0 Å². The van der Waals surface area contributed by atoms with Gasteiger partial charge in [0.05, 0.1) is 5.41 Å². The second kappa shape index (κ2) is 7.85. The molecule has 0 aromatic heterocycles. The summed E-state index contributed by atoms with van der Waals surface area (Å²) in [5.41, 5.74) is 5.69. The molecule has 2 N–H and O–H groups in total. The van der Waals surface area contributed by atoms with Crippen LogP contribution in [0.5, 0.6) is 0 Å². The monoisotopic (exact) mass is 269 g/mol. The van der Waals surface area contributed by atoms with Crippen LogP contribution in [0.15, 0.2) is 0 Å². The van der Waals surface area contributed by atoms with Gasteiger partial charge in [0.1, 0.15) is 0 Å². The van der Waals surface area contributed by atoms with Crippen LogP contribution in [0.3, 0.4) is 0 Å². The maximum Gasteiger partial charge on any atom is 0.229 e. The van der Waals surface area contributed by atoms with Gasteiger partial charge in [-0.25, -0.2) is 0 Å². The maximum atomic E-state index is 12.7. The van der Waals surface area contributed by atoms with Gasteiger partial charge in [-0.15, -0.1) is 0 Å². The van der Waals surface area contributed by atoms with Crippen molar-refractivity contribution in [2.75, 3.05) is 40.8 Å². The first-order valence-corrected chi connectivity index (χ1v) is 7.62. The highest BCUT2D eigenvalue weighted by Gasteiger charge is 2.38. The quantitative estimate of drug-likeness (QED) is 0.747. The first-order chi connectivity index (χ1) is 9.02. The first-order valence-electron chi connectivity index (χ1n) is 7.62. The maximum absolute atomic E-state index is 12.7. The summed E-state index contributed by atoms with van der Waals surface area (Å²) in [4.78, 5) is 16.8. The standard InChI is InChI=1S/C15H31N3O/c1-17(2)11-8-12-18(3)14(19)15(13-16)9-6-4-5-7-10-15/h4-13,16H2,1-3H3. The van der Waals surface area contributed by atoms with Crippen LogP contribution in [-0.4, -0.2) is 56.5 Å². The second-order valence-corrected chi connectivity index (χ2v) is 6.28. The third-order valence-corrected chi connectivity index (χ3v) is 4.35. The molecule has 4 nitrogen and oxygen atoms in total. The zero-order valence-corrected chi connectivity index (χ0v) is 13.0. The number of hydrogen-bond donors (Lipinski definition) is 1. The van der Waals surface area contributed by atoms with Crippen LogP contribution in [0.2, 0.25) is 0 Å². The van der Waals surface area contributed by atoms with Gasteiger partial charge in [0.2, 0.25) is 5.91 Å². The average Bonchev–Trinajstić information content (AvgIpc) is 2.63. The minimum absolute atomic E-state index is 0.274. The predicted octanol–water partition coefficient (Wildman–Crippen LogP) is 1.70. The molecule has 0 aromatic carbocycles. The fourth-order valence-electron chi connectivity index (χ4n) is 3.04. The molecule has 1 rings (SSSR count). The molecule has 0 unspecified atom stereocenters. The van der Waals surface area contributed by atoms with Gasteiger partial charge in [-0.2, -0.15) is 0 Å². The summed E-state index contributed by atoms with van der Waals surface area (Å²) in [6, 6.07) is 0. The molecule has 112 valence electrons. The van der Waals surface area contributed by atoms with Crippen molar-refractivity contribution in [3.8, 4) is 0 Å². The topological polar surface area (TPSA) is 49.6 Å². The van der Waals surface area contributed by atoms with E-state index in [0.717, 1.165) is 45.2 Å². The van der Waals surface area contributed by atoms with E-state index < -0.39 is 0 Å². The van der Waals surface area contributed by atoms with Gasteiger partial charge in [0.25, 0.3) is 0 Å². The van der Waals surface area contributed by atoms with E-state index in [1.54, 1.807) is 0 Å². The van der Waals surface area contributed by atoms with Crippen molar-refractivity contribution in [2.24, 2.45) is 11.1 Å². The lowest BCUT2D eigenvalue weighted by Crippen LogP contribution is -2.47. The van der Waals surface area contributed by atoms with Crippen LogP contribution in [0, 0.1) is 5.41 Å². The molecule has 1 aliphatic carbocycles. The van der Waals surface area contributed by atoms with Crippen molar-refractivity contribution < 1.29 is 4.79 Å². The molecule has 1 saturated carbocycles. The average molecular weight is 269 g/mol. The SMILES string of the molecule is CN(C)CCCN(C)C(=O)C1(CN)CCCCCC1. The van der Waals surface area contributed by atoms with Crippen molar-refractivity contribution in [3.05, 3.63) is 0 Å². The Morgan fingerprint density at radius 3 is 2.11 bits per heavy atom. The van der Waals surface area contributed by atoms with Gasteiger partial charge in [0.15, 0.2) is 0 Å². The molecular formula is C15H31N3O. The van der Waals surface area contributed by atoms with E-state index in [2.05, 4.69) is 19.0 Å². The minimum atomic E-state index is -0.274. The Morgan fingerprint density at radius 1 is 1.05 bits per heavy atom. The summed E-state index contributed by atoms with van der Waals surface area (Å²) in [5.74, 6) is 0.274. The summed E-state index contributed by atoms with van der Waals surface area (Å²) in [5, 5.41) is 0. The van der Waals surface area contributed by atoms with E-state index in [4.69, 9.17) is 5.73 Å². The van der Waals surface area contributed by atoms with Crippen molar-refractivity contribution in [1.29, 1.82) is 0 Å². The predicted molar refractivity (Wildman–Crippen MR) is 80.0 cm³/mol. The molecule has 19 heavy (non-hydrogen) atoms. The number of carbonyl (C=O) groups excluding carboxylic acids is 1. The van der Waals surface area contributed by atoms with Gasteiger partial charge in [0, 0.05) is 20.1 Å². The summed E-state index contributed by atoms with van der Waals surface area (Å²) in [6.07, 6.45) is 7.76. The lowest BCUT2D eigenvalue weighted by atomic mass is 9.79. The zero-order chi connectivity index (χ0) is 14.3. The van der Waals surface area contributed by atoms with Crippen LogP contribution in [-0.2, 0) is 4.79 Å². The third kappa shape index (κ3) is 4.77. The molecule has 1 amide bonds. The van der Waals surface area contributed by atoms with E-state index in [1.807, 2.05) is 11.9 Å². The zero-order valence-electron chi connectivity index (χ0n) is 13.0. The van der Waals surface area contributed by atoms with Crippen LogP contribution >= 0.6 is 0 Å². The highest BCUT2D eigenvalue weighted by molar-refractivity contribution is 5.82. The molecule has 0 aliphatic heterocycles. The van der Waals surface area contributed by atoms with Crippen LogP contribution < -0.4 is 5.73 Å². The molecule has 0 bridgehead atoms. The molecule has 0 heterocycles. The van der Waals surface area contributed by atoms with E-state index in [-0.39, 0.29) is 11.3 Å². The molecule has 0 spiro atoms. The van der Waals surface area contributed by atoms with Crippen LogP contribution in [0.1, 0.15) is 44.9 Å². The molecule has 0 atom stereocenters. The Labute approximate surface area is 118 Å².